The zero-order valence-electron chi connectivity index (χ0n) is 12.7. The van der Waals surface area contributed by atoms with Crippen LogP contribution in [0.25, 0.3) is 0 Å². The van der Waals surface area contributed by atoms with Crippen molar-refractivity contribution >= 4 is 29.3 Å². The third-order valence-electron chi connectivity index (χ3n) is 2.70. The Morgan fingerprint density at radius 3 is 2.79 bits per heavy atom. The number of nitrogens with one attached hydrogen (secondary N) is 1. The molecule has 1 aromatic rings. The Morgan fingerprint density at radius 1 is 1.46 bits per heavy atom. The molecule has 0 saturated carbocycles. The van der Waals surface area contributed by atoms with E-state index in [0.717, 1.165) is 11.9 Å². The molecular formula is C14H18N4O5S. The fraction of sp³-hybridized carbons (Fsp3) is 0.286. The molecule has 0 atom stereocenters. The molecule has 24 heavy (non-hydrogen) atoms. The quantitative estimate of drug-likeness (QED) is 0.121. The maximum absolute atomic E-state index is 10.9. The van der Waals surface area contributed by atoms with Crippen LogP contribution in [0.4, 0.5) is 5.69 Å². The topological polar surface area (TPSA) is 151 Å². The summed E-state index contributed by atoms with van der Waals surface area (Å²) < 4.78 is 2.89. The molecule has 0 aliphatic rings. The molecule has 0 saturated heterocycles. The fourth-order valence-electron chi connectivity index (χ4n) is 1.57. The SMILES string of the molecule is N/C(=C\C(CNSc1ccccc1[N+](=O)[O-])=NCCCO)C(=O)O. The molecule has 1 rings (SSSR count). The molecule has 0 aliphatic heterocycles. The number of para-hydroxylation sites is 1. The molecule has 0 heterocycles. The molecule has 0 amide bonds. The van der Waals surface area contributed by atoms with Gasteiger partial charge in [0.05, 0.1) is 10.6 Å². The normalized spacial score (nSPS) is 12.2. The van der Waals surface area contributed by atoms with Crippen LogP contribution in [-0.2, 0) is 4.79 Å². The Bertz CT molecular complexity index is 648. The summed E-state index contributed by atoms with van der Waals surface area (Å²) in [6.45, 7) is 0.427. The number of carboxylic acids is 1. The summed E-state index contributed by atoms with van der Waals surface area (Å²) in [4.78, 5) is 25.8. The molecule has 10 heteroatoms. The smallest absolute Gasteiger partial charge is 0.351 e. The number of rotatable bonds is 10. The number of hydrogen-bond donors (Lipinski definition) is 4. The van der Waals surface area contributed by atoms with Gasteiger partial charge in [0.15, 0.2) is 0 Å². The van der Waals surface area contributed by atoms with Crippen LogP contribution < -0.4 is 10.5 Å². The van der Waals surface area contributed by atoms with Crippen LogP contribution in [0.15, 0.2) is 45.9 Å². The molecule has 130 valence electrons. The lowest BCUT2D eigenvalue weighted by Crippen LogP contribution is -2.19. The van der Waals surface area contributed by atoms with Crippen molar-refractivity contribution in [1.29, 1.82) is 0 Å². The molecule has 0 unspecified atom stereocenters. The average Bonchev–Trinajstić information content (AvgIpc) is 2.54. The third kappa shape index (κ3) is 6.77. The number of nitro groups is 1. The Kier molecular flexibility index (Phi) is 8.47. The lowest BCUT2D eigenvalue weighted by Gasteiger charge is -2.06. The number of benzene rings is 1. The van der Waals surface area contributed by atoms with Crippen molar-refractivity contribution in [1.82, 2.24) is 4.72 Å². The number of nitro benzene ring substituents is 1. The Morgan fingerprint density at radius 2 is 2.17 bits per heavy atom. The zero-order chi connectivity index (χ0) is 17.9. The van der Waals surface area contributed by atoms with Gasteiger partial charge in [-0.25, -0.2) is 4.79 Å². The molecule has 0 spiro atoms. The zero-order valence-corrected chi connectivity index (χ0v) is 13.5. The highest BCUT2D eigenvalue weighted by Crippen LogP contribution is 2.26. The molecular weight excluding hydrogens is 336 g/mol. The number of nitrogens with two attached hydrogens (primary N) is 1. The molecule has 0 aliphatic carbocycles. The van der Waals surface area contributed by atoms with Crippen LogP contribution in [0.2, 0.25) is 0 Å². The number of aliphatic hydroxyl groups is 1. The summed E-state index contributed by atoms with van der Waals surface area (Å²) >= 11 is 1.04. The predicted molar refractivity (Wildman–Crippen MR) is 90.9 cm³/mol. The summed E-state index contributed by atoms with van der Waals surface area (Å²) in [5, 5.41) is 28.5. The largest absolute Gasteiger partial charge is 0.477 e. The van der Waals surface area contributed by atoms with Crippen LogP contribution in [0, 0.1) is 10.1 Å². The standard InChI is InChI=1S/C14H18N4O5S/c15-11(14(20)21)8-10(16-6-3-7-19)9-17-24-13-5-2-1-4-12(13)18(22)23/h1-2,4-5,8,17,19H,3,6-7,9,15H2,(H,20,21)/b11-8-,16-10?. The van der Waals surface area contributed by atoms with Crippen LogP contribution >= 0.6 is 11.9 Å². The maximum Gasteiger partial charge on any atom is 0.351 e. The summed E-state index contributed by atoms with van der Waals surface area (Å²) in [5.41, 5.74) is 5.35. The van der Waals surface area contributed by atoms with Gasteiger partial charge in [0, 0.05) is 25.8 Å². The number of hydrogen-bond acceptors (Lipinski definition) is 8. The van der Waals surface area contributed by atoms with Gasteiger partial charge in [-0.15, -0.1) is 0 Å². The highest BCUT2D eigenvalue weighted by atomic mass is 32.2. The molecule has 1 aromatic carbocycles. The van der Waals surface area contributed by atoms with Crippen molar-refractivity contribution in [3.05, 3.63) is 46.2 Å². The first kappa shape index (κ1) is 19.6. The summed E-state index contributed by atoms with van der Waals surface area (Å²) in [6.07, 6.45) is 1.65. The Labute approximate surface area is 142 Å². The second-order valence-corrected chi connectivity index (χ2v) is 5.44. The van der Waals surface area contributed by atoms with Gasteiger partial charge in [-0.05, 0) is 30.5 Å². The number of aliphatic imine (C=N–C) groups is 1. The van der Waals surface area contributed by atoms with E-state index in [1.54, 1.807) is 18.2 Å². The number of carbonyl (C=O) groups is 1. The van der Waals surface area contributed by atoms with Crippen LogP contribution in [0.3, 0.4) is 0 Å². The van der Waals surface area contributed by atoms with E-state index in [0.29, 0.717) is 23.6 Å². The van der Waals surface area contributed by atoms with E-state index in [4.69, 9.17) is 15.9 Å². The molecule has 0 aromatic heterocycles. The van der Waals surface area contributed by atoms with Crippen molar-refractivity contribution in [2.45, 2.75) is 11.3 Å². The first-order valence-corrected chi connectivity index (χ1v) is 7.75. The second-order valence-electron chi connectivity index (χ2n) is 4.50. The van der Waals surface area contributed by atoms with Gasteiger partial charge in [-0.2, -0.15) is 0 Å². The van der Waals surface area contributed by atoms with Crippen molar-refractivity contribution in [2.75, 3.05) is 19.7 Å². The number of aliphatic hydroxyl groups excluding tert-OH is 1. The van der Waals surface area contributed by atoms with E-state index < -0.39 is 10.9 Å². The van der Waals surface area contributed by atoms with Crippen molar-refractivity contribution < 1.29 is 19.9 Å². The minimum atomic E-state index is -1.27. The highest BCUT2D eigenvalue weighted by molar-refractivity contribution is 7.97. The summed E-state index contributed by atoms with van der Waals surface area (Å²) in [6, 6.07) is 6.23. The van der Waals surface area contributed by atoms with E-state index in [9.17, 15) is 14.9 Å². The molecule has 0 radical (unpaired) electrons. The Hall–Kier alpha value is -2.43. The van der Waals surface area contributed by atoms with Gasteiger partial charge in [0.25, 0.3) is 5.69 Å². The highest BCUT2D eigenvalue weighted by Gasteiger charge is 2.13. The van der Waals surface area contributed by atoms with Gasteiger partial charge in [-0.1, -0.05) is 12.1 Å². The molecule has 0 bridgehead atoms. The van der Waals surface area contributed by atoms with Crippen molar-refractivity contribution in [2.24, 2.45) is 10.7 Å². The minimum absolute atomic E-state index is 0.0330. The van der Waals surface area contributed by atoms with Gasteiger partial charge >= 0.3 is 5.97 Å². The molecule has 9 nitrogen and oxygen atoms in total. The molecule has 0 fully saturated rings. The fourth-order valence-corrected chi connectivity index (χ4v) is 2.34. The van der Waals surface area contributed by atoms with Gasteiger partial charge < -0.3 is 15.9 Å². The van der Waals surface area contributed by atoms with Gasteiger partial charge in [-0.3, -0.25) is 19.8 Å². The van der Waals surface area contributed by atoms with Crippen LogP contribution in [0.1, 0.15) is 6.42 Å². The first-order valence-electron chi connectivity index (χ1n) is 6.93. The number of carboxylic acid groups (broad SMARTS) is 1. The number of aliphatic carboxylic acids is 1. The van der Waals surface area contributed by atoms with E-state index in [1.807, 2.05) is 0 Å². The third-order valence-corrected chi connectivity index (χ3v) is 3.55. The van der Waals surface area contributed by atoms with E-state index in [-0.39, 0.29) is 24.5 Å². The average molecular weight is 354 g/mol. The van der Waals surface area contributed by atoms with Crippen molar-refractivity contribution in [3.63, 3.8) is 0 Å². The van der Waals surface area contributed by atoms with Gasteiger partial charge in [0.1, 0.15) is 10.6 Å². The maximum atomic E-state index is 10.9. The summed E-state index contributed by atoms with van der Waals surface area (Å²) in [5.74, 6) is -1.27. The summed E-state index contributed by atoms with van der Waals surface area (Å²) in [7, 11) is 0. The van der Waals surface area contributed by atoms with Crippen molar-refractivity contribution in [3.8, 4) is 0 Å². The van der Waals surface area contributed by atoms with Crippen LogP contribution in [0.5, 0.6) is 0 Å². The molecule has 5 N–H and O–H groups in total. The Balaban J connectivity index is 2.75. The van der Waals surface area contributed by atoms with E-state index in [1.165, 1.54) is 12.1 Å². The lowest BCUT2D eigenvalue weighted by atomic mass is 10.3. The lowest BCUT2D eigenvalue weighted by molar-refractivity contribution is -0.387. The van der Waals surface area contributed by atoms with Gasteiger partial charge in [0.2, 0.25) is 0 Å². The van der Waals surface area contributed by atoms with Crippen LogP contribution in [-0.4, -0.2) is 46.5 Å². The monoisotopic (exact) mass is 354 g/mol. The second kappa shape index (κ2) is 10.4. The minimum Gasteiger partial charge on any atom is -0.477 e. The number of nitrogens with zero attached hydrogens (tertiary/aromatic N) is 2. The predicted octanol–water partition coefficient (Wildman–Crippen LogP) is 0.942. The van der Waals surface area contributed by atoms with E-state index >= 15 is 0 Å². The van der Waals surface area contributed by atoms with E-state index in [2.05, 4.69) is 9.71 Å². The first-order chi connectivity index (χ1) is 11.5.